The lowest BCUT2D eigenvalue weighted by molar-refractivity contribution is 0.0484. The number of rotatable bonds is 4. The minimum Gasteiger partial charge on any atom is -0.348 e. The van der Waals surface area contributed by atoms with E-state index in [1.165, 1.54) is 6.42 Å². The zero-order valence-electron chi connectivity index (χ0n) is 6.13. The topological polar surface area (TPSA) is 34.3 Å². The third kappa shape index (κ3) is 1.05. The van der Waals surface area contributed by atoms with Crippen molar-refractivity contribution in [3.05, 3.63) is 0 Å². The van der Waals surface area contributed by atoms with Crippen molar-refractivity contribution in [1.82, 2.24) is 0 Å². The molecule has 0 aliphatic carbocycles. The summed E-state index contributed by atoms with van der Waals surface area (Å²) in [6, 6.07) is 0. The van der Waals surface area contributed by atoms with E-state index in [1.54, 1.807) is 0 Å². The Hall–Kier alpha value is -0.120. The molecule has 0 aromatic heterocycles. The Bertz CT molecular complexity index is 131. The van der Waals surface area contributed by atoms with Crippen molar-refractivity contribution in [3.8, 4) is 0 Å². The molecule has 0 amide bonds. The van der Waals surface area contributed by atoms with Crippen molar-refractivity contribution >= 4 is 0 Å². The van der Waals surface area contributed by atoms with Crippen LogP contribution in [-0.2, 0) is 14.2 Å². The van der Waals surface area contributed by atoms with Crippen LogP contribution in [0, 0.1) is 0 Å². The van der Waals surface area contributed by atoms with Crippen molar-refractivity contribution < 1.29 is 14.2 Å². The number of epoxide rings is 2. The van der Waals surface area contributed by atoms with Gasteiger partial charge in [0.25, 0.3) is 0 Å². The lowest BCUT2D eigenvalue weighted by Crippen LogP contribution is -2.02. The Morgan fingerprint density at radius 3 is 3.00 bits per heavy atom. The maximum absolute atomic E-state index is 5.32. The largest absolute Gasteiger partial charge is 0.348 e. The van der Waals surface area contributed by atoms with Gasteiger partial charge in [-0.25, -0.2) is 0 Å². The molecule has 2 unspecified atom stereocenters. The van der Waals surface area contributed by atoms with Crippen LogP contribution in [0.25, 0.3) is 0 Å². The first kappa shape index (κ1) is 6.58. The van der Waals surface area contributed by atoms with Crippen LogP contribution in [0.3, 0.4) is 0 Å². The molecule has 2 saturated heterocycles. The van der Waals surface area contributed by atoms with Crippen LogP contribution >= 0.6 is 0 Å². The van der Waals surface area contributed by atoms with E-state index >= 15 is 0 Å². The van der Waals surface area contributed by atoms with Crippen molar-refractivity contribution in [2.45, 2.75) is 31.8 Å². The molecule has 0 radical (unpaired) electrons. The number of hydrogen-bond donors (Lipinski definition) is 0. The molecule has 0 N–H and O–H groups in total. The molecule has 2 aliphatic heterocycles. The minimum absolute atomic E-state index is 0.0425. The van der Waals surface area contributed by atoms with Gasteiger partial charge in [0.1, 0.15) is 6.61 Å². The highest BCUT2D eigenvalue weighted by atomic mass is 16.9. The van der Waals surface area contributed by atoms with Crippen LogP contribution in [0.5, 0.6) is 0 Å². The first-order chi connectivity index (χ1) is 4.87. The molecule has 3 heteroatoms. The normalized spacial score (nSPS) is 42.3. The van der Waals surface area contributed by atoms with Crippen molar-refractivity contribution in [2.24, 2.45) is 0 Å². The highest BCUT2D eigenvalue weighted by Crippen LogP contribution is 2.49. The van der Waals surface area contributed by atoms with Crippen LogP contribution in [-0.4, -0.2) is 25.3 Å². The molecule has 2 heterocycles. The van der Waals surface area contributed by atoms with Crippen molar-refractivity contribution in [2.75, 3.05) is 13.2 Å². The summed E-state index contributed by atoms with van der Waals surface area (Å²) in [5.74, 6) is -0.256. The van der Waals surface area contributed by atoms with Crippen LogP contribution in [0.1, 0.15) is 19.8 Å². The molecular formula is C7H12O3. The zero-order valence-corrected chi connectivity index (χ0v) is 6.13. The molecule has 0 aromatic rings. The monoisotopic (exact) mass is 144 g/mol. The van der Waals surface area contributed by atoms with E-state index < -0.39 is 0 Å². The van der Waals surface area contributed by atoms with Crippen molar-refractivity contribution in [1.29, 1.82) is 0 Å². The summed E-state index contributed by atoms with van der Waals surface area (Å²) < 4.78 is 15.4. The molecule has 0 aromatic carbocycles. The minimum atomic E-state index is -0.256. The lowest BCUT2D eigenvalue weighted by atomic mass is 10.4. The smallest absolute Gasteiger partial charge is 0.247 e. The van der Waals surface area contributed by atoms with Gasteiger partial charge in [0.2, 0.25) is 12.1 Å². The van der Waals surface area contributed by atoms with E-state index in [0.29, 0.717) is 0 Å². The van der Waals surface area contributed by atoms with Crippen LogP contribution in [0.2, 0.25) is 0 Å². The van der Waals surface area contributed by atoms with E-state index in [1.807, 2.05) is 0 Å². The summed E-state index contributed by atoms with van der Waals surface area (Å²) in [4.78, 5) is 0. The molecular weight excluding hydrogens is 132 g/mol. The Morgan fingerprint density at radius 2 is 2.50 bits per heavy atom. The second-order valence-corrected chi connectivity index (χ2v) is 2.77. The molecule has 0 bridgehead atoms. The van der Waals surface area contributed by atoms with E-state index in [2.05, 4.69) is 6.92 Å². The van der Waals surface area contributed by atoms with Crippen LogP contribution in [0.15, 0.2) is 0 Å². The molecule has 2 atom stereocenters. The fourth-order valence-corrected chi connectivity index (χ4v) is 0.918. The standard InChI is InChI=1S/C7H12O3/c1-2-3-4-8-6-7(10-6)5-9-7/h6H,2-5H2,1H3. The maximum Gasteiger partial charge on any atom is 0.247 e. The third-order valence-corrected chi connectivity index (χ3v) is 1.80. The van der Waals surface area contributed by atoms with Crippen LogP contribution in [0.4, 0.5) is 0 Å². The Balaban J connectivity index is 1.57. The van der Waals surface area contributed by atoms with E-state index in [0.717, 1.165) is 19.6 Å². The van der Waals surface area contributed by atoms with Gasteiger partial charge in [-0.15, -0.1) is 0 Å². The summed E-state index contributed by atoms with van der Waals surface area (Å²) in [7, 11) is 0. The van der Waals surface area contributed by atoms with Gasteiger partial charge in [0.05, 0.1) is 0 Å². The van der Waals surface area contributed by atoms with Gasteiger partial charge >= 0.3 is 0 Å². The van der Waals surface area contributed by atoms with Gasteiger partial charge in [-0.3, -0.25) is 0 Å². The van der Waals surface area contributed by atoms with Gasteiger partial charge < -0.3 is 14.2 Å². The average molecular weight is 144 g/mol. The highest BCUT2D eigenvalue weighted by Gasteiger charge is 2.70. The molecule has 58 valence electrons. The average Bonchev–Trinajstić information content (AvgIpc) is 2.79. The Labute approximate surface area is 60.3 Å². The van der Waals surface area contributed by atoms with E-state index in [-0.39, 0.29) is 12.1 Å². The van der Waals surface area contributed by atoms with E-state index in [9.17, 15) is 0 Å². The number of ether oxygens (including phenoxy) is 3. The summed E-state index contributed by atoms with van der Waals surface area (Å²) in [5.41, 5.74) is 0. The fraction of sp³-hybridized carbons (Fsp3) is 1.00. The molecule has 3 nitrogen and oxygen atoms in total. The highest BCUT2D eigenvalue weighted by molar-refractivity contribution is 4.98. The molecule has 10 heavy (non-hydrogen) atoms. The van der Waals surface area contributed by atoms with Gasteiger partial charge in [-0.2, -0.15) is 0 Å². The predicted molar refractivity (Wildman–Crippen MR) is 34.4 cm³/mol. The molecule has 2 fully saturated rings. The Kier molecular flexibility index (Phi) is 1.44. The number of hydrogen-bond acceptors (Lipinski definition) is 3. The summed E-state index contributed by atoms with van der Waals surface area (Å²) in [6.45, 7) is 3.66. The van der Waals surface area contributed by atoms with Crippen LogP contribution < -0.4 is 0 Å². The zero-order chi connectivity index (χ0) is 7.03. The van der Waals surface area contributed by atoms with Crippen molar-refractivity contribution in [3.63, 3.8) is 0 Å². The van der Waals surface area contributed by atoms with Gasteiger partial charge in [0, 0.05) is 6.61 Å². The second kappa shape index (κ2) is 2.19. The van der Waals surface area contributed by atoms with Gasteiger partial charge in [0.15, 0.2) is 0 Å². The molecule has 2 rings (SSSR count). The quantitative estimate of drug-likeness (QED) is 0.434. The second-order valence-electron chi connectivity index (χ2n) is 2.77. The summed E-state index contributed by atoms with van der Waals surface area (Å²) in [5, 5.41) is 0. The lowest BCUT2D eigenvalue weighted by Gasteiger charge is -1.94. The SMILES string of the molecule is CCCCOC1OC12CO2. The molecule has 1 spiro atoms. The first-order valence-corrected chi connectivity index (χ1v) is 3.81. The number of unbranched alkanes of at least 4 members (excludes halogenated alkanes) is 1. The molecule has 2 aliphatic rings. The Morgan fingerprint density at radius 1 is 1.70 bits per heavy atom. The maximum atomic E-state index is 5.32. The first-order valence-electron chi connectivity index (χ1n) is 3.81. The molecule has 0 saturated carbocycles. The summed E-state index contributed by atoms with van der Waals surface area (Å²) in [6.07, 6.45) is 2.23. The predicted octanol–water partition coefficient (Wildman–Crippen LogP) is 0.886. The summed E-state index contributed by atoms with van der Waals surface area (Å²) >= 11 is 0. The third-order valence-electron chi connectivity index (χ3n) is 1.80. The van der Waals surface area contributed by atoms with Gasteiger partial charge in [-0.05, 0) is 6.42 Å². The fourth-order valence-electron chi connectivity index (χ4n) is 0.918. The van der Waals surface area contributed by atoms with Gasteiger partial charge in [-0.1, -0.05) is 13.3 Å². The van der Waals surface area contributed by atoms with E-state index in [4.69, 9.17) is 14.2 Å².